The maximum atomic E-state index is 12.5. The van der Waals surface area contributed by atoms with Crippen LogP contribution in [0, 0.1) is 13.8 Å². The Hall–Kier alpha value is -4.19. The Labute approximate surface area is 198 Å². The second-order valence-corrected chi connectivity index (χ2v) is 8.23. The lowest BCUT2D eigenvalue weighted by atomic mass is 10.0. The predicted octanol–water partition coefficient (Wildman–Crippen LogP) is 4.42. The van der Waals surface area contributed by atoms with Gasteiger partial charge in [0.1, 0.15) is 18.9 Å². The van der Waals surface area contributed by atoms with E-state index in [1.54, 1.807) is 6.07 Å². The Kier molecular flexibility index (Phi) is 7.18. The van der Waals surface area contributed by atoms with E-state index in [1.807, 2.05) is 86.6 Å². The van der Waals surface area contributed by atoms with Crippen LogP contribution in [0.4, 0.5) is 0 Å². The molecule has 4 rings (SSSR count). The van der Waals surface area contributed by atoms with Gasteiger partial charge < -0.3 is 10.1 Å². The Bertz CT molecular complexity index is 1330. The number of amides is 1. The summed E-state index contributed by atoms with van der Waals surface area (Å²) >= 11 is 0. The van der Waals surface area contributed by atoms with Gasteiger partial charge in [-0.15, -0.1) is 0 Å². The quantitative estimate of drug-likeness (QED) is 0.429. The van der Waals surface area contributed by atoms with Gasteiger partial charge >= 0.3 is 0 Å². The molecule has 4 aromatic rings. The maximum absolute atomic E-state index is 12.5. The van der Waals surface area contributed by atoms with Crippen LogP contribution in [0.1, 0.15) is 22.3 Å². The summed E-state index contributed by atoms with van der Waals surface area (Å²) in [5.41, 5.74) is 5.50. The zero-order chi connectivity index (χ0) is 23.9. The Morgan fingerprint density at radius 2 is 1.68 bits per heavy atom. The van der Waals surface area contributed by atoms with Gasteiger partial charge in [-0.2, -0.15) is 5.10 Å². The SMILES string of the molecule is Cc1ccc(C)c(-c2ccc(=O)n(CC(=O)NCc3ccc(OCc4ccccc4)cc3)n2)c1. The molecule has 6 nitrogen and oxygen atoms in total. The molecule has 0 aliphatic carbocycles. The molecule has 0 spiro atoms. The van der Waals surface area contributed by atoms with Crippen LogP contribution in [-0.2, 0) is 24.5 Å². The summed E-state index contributed by atoms with van der Waals surface area (Å²) in [6.07, 6.45) is 0. The average molecular weight is 454 g/mol. The van der Waals surface area contributed by atoms with Gasteiger partial charge in [-0.25, -0.2) is 4.68 Å². The molecule has 1 heterocycles. The second-order valence-electron chi connectivity index (χ2n) is 8.23. The molecule has 34 heavy (non-hydrogen) atoms. The predicted molar refractivity (Wildman–Crippen MR) is 132 cm³/mol. The first-order valence-electron chi connectivity index (χ1n) is 11.2. The van der Waals surface area contributed by atoms with Gasteiger partial charge in [0, 0.05) is 18.2 Å². The average Bonchev–Trinajstić information content (AvgIpc) is 2.85. The summed E-state index contributed by atoms with van der Waals surface area (Å²) in [6.45, 7) is 4.71. The first kappa shape index (κ1) is 23.0. The molecule has 1 N–H and O–H groups in total. The number of ether oxygens (including phenoxy) is 1. The van der Waals surface area contributed by atoms with Crippen molar-refractivity contribution < 1.29 is 9.53 Å². The fourth-order valence-electron chi connectivity index (χ4n) is 3.55. The third-order valence-electron chi connectivity index (χ3n) is 5.49. The molecule has 0 fully saturated rings. The molecule has 0 bridgehead atoms. The monoisotopic (exact) mass is 453 g/mol. The summed E-state index contributed by atoms with van der Waals surface area (Å²) < 4.78 is 7.00. The number of benzene rings is 3. The summed E-state index contributed by atoms with van der Waals surface area (Å²) in [6, 6.07) is 26.8. The number of hydrogen-bond donors (Lipinski definition) is 1. The van der Waals surface area contributed by atoms with E-state index < -0.39 is 0 Å². The first-order chi connectivity index (χ1) is 16.5. The molecular weight excluding hydrogens is 426 g/mol. The first-order valence-corrected chi connectivity index (χ1v) is 11.2. The third-order valence-corrected chi connectivity index (χ3v) is 5.49. The van der Waals surface area contributed by atoms with E-state index in [1.165, 1.54) is 10.7 Å². The number of hydrogen-bond acceptors (Lipinski definition) is 4. The second kappa shape index (κ2) is 10.6. The third kappa shape index (κ3) is 5.98. The molecule has 1 aromatic heterocycles. The van der Waals surface area contributed by atoms with E-state index in [-0.39, 0.29) is 18.0 Å². The minimum absolute atomic E-state index is 0.143. The molecular formula is C28H27N3O3. The molecule has 0 saturated heterocycles. The van der Waals surface area contributed by atoms with Crippen molar-refractivity contribution in [2.75, 3.05) is 0 Å². The van der Waals surface area contributed by atoms with Crippen molar-refractivity contribution in [2.45, 2.75) is 33.5 Å². The highest BCUT2D eigenvalue weighted by Gasteiger charge is 2.10. The normalized spacial score (nSPS) is 10.6. The zero-order valence-corrected chi connectivity index (χ0v) is 19.3. The number of aryl methyl sites for hydroxylation is 2. The topological polar surface area (TPSA) is 73.2 Å². The van der Waals surface area contributed by atoms with Gasteiger partial charge in [0.25, 0.3) is 5.56 Å². The van der Waals surface area contributed by atoms with Crippen molar-refractivity contribution in [3.05, 3.63) is 118 Å². The Morgan fingerprint density at radius 1 is 0.912 bits per heavy atom. The molecule has 0 saturated carbocycles. The van der Waals surface area contributed by atoms with Crippen LogP contribution in [0.2, 0.25) is 0 Å². The minimum atomic E-state index is -0.316. The van der Waals surface area contributed by atoms with Crippen LogP contribution in [0.25, 0.3) is 11.3 Å². The molecule has 1 amide bonds. The number of carbonyl (C=O) groups is 1. The fourth-order valence-corrected chi connectivity index (χ4v) is 3.55. The van der Waals surface area contributed by atoms with Crippen LogP contribution >= 0.6 is 0 Å². The van der Waals surface area contributed by atoms with Crippen LogP contribution in [0.3, 0.4) is 0 Å². The molecule has 0 aliphatic heterocycles. The van der Waals surface area contributed by atoms with Crippen molar-refractivity contribution in [1.82, 2.24) is 15.1 Å². The molecule has 0 radical (unpaired) electrons. The highest BCUT2D eigenvalue weighted by molar-refractivity contribution is 5.75. The summed E-state index contributed by atoms with van der Waals surface area (Å²) in [7, 11) is 0. The number of rotatable bonds is 8. The van der Waals surface area contributed by atoms with Gasteiger partial charge in [0.05, 0.1) is 5.69 Å². The molecule has 172 valence electrons. The lowest BCUT2D eigenvalue weighted by molar-refractivity contribution is -0.122. The fraction of sp³-hybridized carbons (Fsp3) is 0.179. The number of nitrogens with zero attached hydrogens (tertiary/aromatic N) is 2. The van der Waals surface area contributed by atoms with E-state index in [4.69, 9.17) is 4.74 Å². The Morgan fingerprint density at radius 3 is 2.44 bits per heavy atom. The van der Waals surface area contributed by atoms with Gasteiger partial charge in [0.15, 0.2) is 0 Å². The van der Waals surface area contributed by atoms with Crippen molar-refractivity contribution in [3.8, 4) is 17.0 Å². The lowest BCUT2D eigenvalue weighted by Gasteiger charge is -2.11. The van der Waals surface area contributed by atoms with Crippen molar-refractivity contribution in [3.63, 3.8) is 0 Å². The van der Waals surface area contributed by atoms with Crippen molar-refractivity contribution >= 4 is 5.91 Å². The van der Waals surface area contributed by atoms with Gasteiger partial charge in [0.2, 0.25) is 5.91 Å². The molecule has 0 atom stereocenters. The molecule has 6 heteroatoms. The van der Waals surface area contributed by atoms with E-state index >= 15 is 0 Å². The summed E-state index contributed by atoms with van der Waals surface area (Å²) in [5, 5.41) is 7.28. The molecule has 0 aliphatic rings. The standard InChI is InChI=1S/C28H27N3O3/c1-20-8-9-21(2)25(16-20)26-14-15-28(33)31(30-26)18-27(32)29-17-22-10-12-24(13-11-22)34-19-23-6-4-3-5-7-23/h3-16H,17-19H2,1-2H3,(H,29,32). The lowest BCUT2D eigenvalue weighted by Crippen LogP contribution is -2.33. The van der Waals surface area contributed by atoms with E-state index in [0.717, 1.165) is 33.6 Å². The van der Waals surface area contributed by atoms with Crippen LogP contribution in [-0.4, -0.2) is 15.7 Å². The largest absolute Gasteiger partial charge is 0.489 e. The number of nitrogens with one attached hydrogen (secondary N) is 1. The van der Waals surface area contributed by atoms with E-state index in [9.17, 15) is 9.59 Å². The van der Waals surface area contributed by atoms with Crippen LogP contribution in [0.15, 0.2) is 89.7 Å². The van der Waals surface area contributed by atoms with Crippen LogP contribution < -0.4 is 15.6 Å². The number of aromatic nitrogens is 2. The smallest absolute Gasteiger partial charge is 0.267 e. The van der Waals surface area contributed by atoms with Crippen molar-refractivity contribution in [2.24, 2.45) is 0 Å². The van der Waals surface area contributed by atoms with Gasteiger partial charge in [-0.3, -0.25) is 9.59 Å². The zero-order valence-electron chi connectivity index (χ0n) is 19.3. The summed E-state index contributed by atoms with van der Waals surface area (Å²) in [5.74, 6) is 0.482. The minimum Gasteiger partial charge on any atom is -0.489 e. The summed E-state index contributed by atoms with van der Waals surface area (Å²) in [4.78, 5) is 24.8. The van der Waals surface area contributed by atoms with E-state index in [0.29, 0.717) is 18.8 Å². The highest BCUT2D eigenvalue weighted by Crippen LogP contribution is 2.21. The molecule has 0 unspecified atom stereocenters. The number of carbonyl (C=O) groups excluding carboxylic acids is 1. The Balaban J connectivity index is 1.34. The maximum Gasteiger partial charge on any atom is 0.267 e. The molecule has 3 aromatic carbocycles. The van der Waals surface area contributed by atoms with Gasteiger partial charge in [-0.05, 0) is 54.8 Å². The van der Waals surface area contributed by atoms with Crippen molar-refractivity contribution in [1.29, 1.82) is 0 Å². The highest BCUT2D eigenvalue weighted by atomic mass is 16.5. The van der Waals surface area contributed by atoms with E-state index in [2.05, 4.69) is 10.4 Å². The van der Waals surface area contributed by atoms with Gasteiger partial charge in [-0.1, -0.05) is 60.2 Å². The van der Waals surface area contributed by atoms with Crippen LogP contribution in [0.5, 0.6) is 5.75 Å².